The summed E-state index contributed by atoms with van der Waals surface area (Å²) in [5.41, 5.74) is 1.34. The Kier molecular flexibility index (Phi) is 8.45. The zero-order chi connectivity index (χ0) is 22.1. The van der Waals surface area contributed by atoms with E-state index in [2.05, 4.69) is 40.1 Å². The van der Waals surface area contributed by atoms with Crippen LogP contribution in [0.2, 0.25) is 0 Å². The van der Waals surface area contributed by atoms with Crippen LogP contribution in [0, 0.1) is 0 Å². The van der Waals surface area contributed by atoms with Crippen LogP contribution in [0.15, 0.2) is 42.5 Å². The first-order valence-electron chi connectivity index (χ1n) is 10.9. The highest BCUT2D eigenvalue weighted by atomic mass is 16.7. The highest BCUT2D eigenvalue weighted by Crippen LogP contribution is 2.37. The molecule has 8 heteroatoms. The van der Waals surface area contributed by atoms with Crippen molar-refractivity contribution < 1.29 is 29.3 Å². The van der Waals surface area contributed by atoms with Gasteiger partial charge < -0.3 is 24.6 Å². The van der Waals surface area contributed by atoms with Gasteiger partial charge in [-0.2, -0.15) is 0 Å². The molecule has 0 bridgehead atoms. The number of carboxylic acid groups (broad SMARTS) is 2. The molecule has 0 amide bonds. The summed E-state index contributed by atoms with van der Waals surface area (Å²) in [7, 11) is 0. The number of ether oxygens (including phenoxy) is 2. The smallest absolute Gasteiger partial charge is 0.328 e. The van der Waals surface area contributed by atoms with Crippen molar-refractivity contribution in [3.05, 3.63) is 42.5 Å². The normalized spacial score (nSPS) is 23.5. The molecule has 1 spiro atoms. The second-order valence-electron chi connectivity index (χ2n) is 8.16. The lowest BCUT2D eigenvalue weighted by atomic mass is 9.94. The van der Waals surface area contributed by atoms with Crippen molar-refractivity contribution in [3.63, 3.8) is 0 Å². The van der Waals surface area contributed by atoms with Crippen LogP contribution >= 0.6 is 0 Å². The van der Waals surface area contributed by atoms with Gasteiger partial charge in [-0.25, -0.2) is 9.59 Å². The largest absolute Gasteiger partial charge is 0.478 e. The Bertz CT molecular complexity index is 724. The van der Waals surface area contributed by atoms with Gasteiger partial charge in [-0.05, 0) is 25.0 Å². The molecule has 2 aliphatic heterocycles. The summed E-state index contributed by atoms with van der Waals surface area (Å²) in [5.74, 6) is -2.74. The number of rotatable bonds is 5. The quantitative estimate of drug-likeness (QED) is 0.685. The van der Waals surface area contributed by atoms with Crippen molar-refractivity contribution >= 4 is 17.6 Å². The van der Waals surface area contributed by atoms with Crippen LogP contribution in [0.5, 0.6) is 0 Å². The molecule has 0 unspecified atom stereocenters. The van der Waals surface area contributed by atoms with E-state index in [0.717, 1.165) is 52.2 Å². The first-order valence-corrected chi connectivity index (χ1v) is 10.9. The third-order valence-corrected chi connectivity index (χ3v) is 5.85. The summed E-state index contributed by atoms with van der Waals surface area (Å²) in [6, 6.07) is 10.7. The summed E-state index contributed by atoms with van der Waals surface area (Å²) in [6.07, 6.45) is 7.39. The van der Waals surface area contributed by atoms with Gasteiger partial charge in [0.1, 0.15) is 0 Å². The summed E-state index contributed by atoms with van der Waals surface area (Å²) >= 11 is 0. The van der Waals surface area contributed by atoms with Crippen molar-refractivity contribution in [2.75, 3.05) is 44.2 Å². The Labute approximate surface area is 183 Å². The van der Waals surface area contributed by atoms with Gasteiger partial charge in [0.25, 0.3) is 0 Å². The zero-order valence-corrected chi connectivity index (χ0v) is 17.8. The Morgan fingerprint density at radius 2 is 1.58 bits per heavy atom. The molecule has 4 rings (SSSR count). The second kappa shape index (κ2) is 11.3. The third-order valence-electron chi connectivity index (χ3n) is 5.85. The average Bonchev–Trinajstić information content (AvgIpc) is 3.16. The topological polar surface area (TPSA) is 99.5 Å². The van der Waals surface area contributed by atoms with Crippen LogP contribution in [0.3, 0.4) is 0 Å². The van der Waals surface area contributed by atoms with Crippen LogP contribution in [-0.4, -0.2) is 78.3 Å². The van der Waals surface area contributed by atoms with Crippen molar-refractivity contribution in [2.45, 2.75) is 44.0 Å². The fourth-order valence-electron chi connectivity index (χ4n) is 4.32. The number of hydrogen-bond donors (Lipinski definition) is 2. The molecule has 2 saturated heterocycles. The lowest BCUT2D eigenvalue weighted by Crippen LogP contribution is -2.49. The van der Waals surface area contributed by atoms with Crippen molar-refractivity contribution in [3.8, 4) is 0 Å². The van der Waals surface area contributed by atoms with Crippen LogP contribution in [0.25, 0.3) is 0 Å². The Morgan fingerprint density at radius 1 is 0.968 bits per heavy atom. The SMILES string of the molecule is O=C(O)/C=C/C(=O)O.c1ccc(N2CCN(C[C@H]3COC4(CCCCC4)O3)CC2)cc1. The van der Waals surface area contributed by atoms with Gasteiger partial charge in [0.2, 0.25) is 0 Å². The molecule has 3 aliphatic rings. The van der Waals surface area contributed by atoms with E-state index in [0.29, 0.717) is 12.2 Å². The van der Waals surface area contributed by atoms with Gasteiger partial charge in [-0.3, -0.25) is 4.90 Å². The van der Waals surface area contributed by atoms with E-state index in [-0.39, 0.29) is 11.9 Å². The first kappa shape index (κ1) is 23.2. The van der Waals surface area contributed by atoms with Crippen LogP contribution < -0.4 is 4.90 Å². The number of hydrogen-bond acceptors (Lipinski definition) is 6. The molecule has 170 valence electrons. The molecule has 3 fully saturated rings. The molecule has 0 radical (unpaired) electrons. The molecular weight excluding hydrogens is 400 g/mol. The number of piperazine rings is 1. The second-order valence-corrected chi connectivity index (χ2v) is 8.16. The van der Waals surface area contributed by atoms with Crippen molar-refractivity contribution in [1.29, 1.82) is 0 Å². The maximum atomic E-state index is 9.55. The number of benzene rings is 1. The van der Waals surface area contributed by atoms with E-state index in [4.69, 9.17) is 19.7 Å². The molecule has 1 atom stereocenters. The lowest BCUT2D eigenvalue weighted by molar-refractivity contribution is -0.188. The van der Waals surface area contributed by atoms with Gasteiger partial charge >= 0.3 is 11.9 Å². The number of carbonyl (C=O) groups is 2. The van der Waals surface area contributed by atoms with Gasteiger partial charge in [-0.15, -0.1) is 0 Å². The highest BCUT2D eigenvalue weighted by molar-refractivity contribution is 5.89. The predicted molar refractivity (Wildman–Crippen MR) is 116 cm³/mol. The van der Waals surface area contributed by atoms with E-state index in [1.54, 1.807) is 0 Å². The molecule has 2 heterocycles. The van der Waals surface area contributed by atoms with Crippen LogP contribution in [0.4, 0.5) is 5.69 Å². The number of anilines is 1. The standard InChI is InChI=1S/C19H28N2O2.C4H4O4/c1-3-7-17(8-4-1)21-13-11-20(12-14-21)15-18-16-22-19(23-18)9-5-2-6-10-19;5-3(6)1-2-4(7)8/h1,3-4,7-8,18H,2,5-6,9-16H2;1-2H,(H,5,6)(H,7,8)/b;2-1+/t18-;/m0./s1. The van der Waals surface area contributed by atoms with E-state index in [1.807, 2.05) is 0 Å². The maximum Gasteiger partial charge on any atom is 0.328 e. The average molecular weight is 433 g/mol. The Balaban J connectivity index is 0.000000293. The van der Waals surface area contributed by atoms with E-state index in [1.165, 1.54) is 24.9 Å². The molecule has 1 aromatic carbocycles. The molecule has 1 saturated carbocycles. The lowest BCUT2D eigenvalue weighted by Gasteiger charge is -2.37. The van der Waals surface area contributed by atoms with Gasteiger partial charge in [0.05, 0.1) is 12.7 Å². The highest BCUT2D eigenvalue weighted by Gasteiger charge is 2.42. The minimum atomic E-state index is -1.26. The van der Waals surface area contributed by atoms with E-state index in [9.17, 15) is 9.59 Å². The molecule has 1 aromatic rings. The molecule has 8 nitrogen and oxygen atoms in total. The summed E-state index contributed by atoms with van der Waals surface area (Å²) < 4.78 is 12.4. The van der Waals surface area contributed by atoms with Gasteiger partial charge in [0, 0.05) is 63.4 Å². The summed E-state index contributed by atoms with van der Waals surface area (Å²) in [5, 5.41) is 15.6. The fraction of sp³-hybridized carbons (Fsp3) is 0.565. The molecule has 0 aromatic heterocycles. The number of para-hydroxylation sites is 1. The molecule has 2 N–H and O–H groups in total. The molecule has 1 aliphatic carbocycles. The first-order chi connectivity index (χ1) is 15.0. The number of nitrogens with zero attached hydrogens (tertiary/aromatic N) is 2. The molecule has 31 heavy (non-hydrogen) atoms. The number of carboxylic acids is 2. The summed E-state index contributed by atoms with van der Waals surface area (Å²) in [6.45, 7) is 6.22. The van der Waals surface area contributed by atoms with E-state index >= 15 is 0 Å². The van der Waals surface area contributed by atoms with Crippen LogP contribution in [-0.2, 0) is 19.1 Å². The van der Waals surface area contributed by atoms with Gasteiger partial charge in [-0.1, -0.05) is 24.6 Å². The molecular formula is C23H32N2O6. The monoisotopic (exact) mass is 432 g/mol. The zero-order valence-electron chi connectivity index (χ0n) is 17.8. The predicted octanol–water partition coefficient (Wildman–Crippen LogP) is 2.60. The van der Waals surface area contributed by atoms with E-state index < -0.39 is 11.9 Å². The minimum absolute atomic E-state index is 0.227. The summed E-state index contributed by atoms with van der Waals surface area (Å²) in [4.78, 5) is 24.1. The maximum absolute atomic E-state index is 9.55. The Morgan fingerprint density at radius 3 is 2.16 bits per heavy atom. The Hall–Kier alpha value is -2.42. The van der Waals surface area contributed by atoms with Crippen LogP contribution in [0.1, 0.15) is 32.1 Å². The number of aliphatic carboxylic acids is 2. The van der Waals surface area contributed by atoms with Crippen molar-refractivity contribution in [1.82, 2.24) is 4.90 Å². The third kappa shape index (κ3) is 7.34. The van der Waals surface area contributed by atoms with Gasteiger partial charge in [0.15, 0.2) is 5.79 Å². The van der Waals surface area contributed by atoms with Crippen molar-refractivity contribution in [2.24, 2.45) is 0 Å². The fourth-order valence-corrected chi connectivity index (χ4v) is 4.32. The minimum Gasteiger partial charge on any atom is -0.478 e.